The fraction of sp³-hybridized carbons (Fsp3) is 0.133. The molecule has 4 rings (SSSR count). The van der Waals surface area contributed by atoms with Gasteiger partial charge in [0.15, 0.2) is 5.82 Å². The Labute approximate surface area is 120 Å². The van der Waals surface area contributed by atoms with Gasteiger partial charge in [0.05, 0.1) is 12.1 Å². The number of fused-ring (bicyclic) bond motifs is 3. The van der Waals surface area contributed by atoms with Crippen LogP contribution in [0.15, 0.2) is 48.5 Å². The molecule has 6 heteroatoms. The molecule has 0 aliphatic carbocycles. The summed E-state index contributed by atoms with van der Waals surface area (Å²) < 4.78 is 20.9. The lowest BCUT2D eigenvalue weighted by molar-refractivity contribution is 0.184. The van der Waals surface area contributed by atoms with Crippen molar-refractivity contribution < 1.29 is 9.13 Å². The highest BCUT2D eigenvalue weighted by Crippen LogP contribution is 2.35. The highest BCUT2D eigenvalue weighted by atomic mass is 19.1. The molecular weight excluding hydrogens is 271 g/mol. The molecule has 2 aromatic carbocycles. The van der Waals surface area contributed by atoms with Crippen LogP contribution in [0, 0.1) is 5.82 Å². The Kier molecular flexibility index (Phi) is 2.67. The van der Waals surface area contributed by atoms with E-state index in [1.54, 1.807) is 16.8 Å². The predicted molar refractivity (Wildman–Crippen MR) is 73.0 cm³/mol. The van der Waals surface area contributed by atoms with Crippen molar-refractivity contribution in [2.24, 2.45) is 0 Å². The van der Waals surface area contributed by atoms with Crippen LogP contribution in [0.25, 0.3) is 11.4 Å². The van der Waals surface area contributed by atoms with Gasteiger partial charge in [0, 0.05) is 0 Å². The average Bonchev–Trinajstić information content (AvgIpc) is 2.90. The molecule has 1 aromatic heterocycles. The van der Waals surface area contributed by atoms with Gasteiger partial charge in [0.25, 0.3) is 0 Å². The van der Waals surface area contributed by atoms with Crippen molar-refractivity contribution in [3.05, 3.63) is 59.9 Å². The van der Waals surface area contributed by atoms with E-state index in [9.17, 15) is 4.39 Å². The van der Waals surface area contributed by atoms with Crippen LogP contribution in [0.3, 0.4) is 0 Å². The lowest BCUT2D eigenvalue weighted by Crippen LogP contribution is -2.14. The van der Waals surface area contributed by atoms with E-state index in [-0.39, 0.29) is 11.9 Å². The number of para-hydroxylation sites is 1. The quantitative estimate of drug-likeness (QED) is 0.688. The second-order valence-electron chi connectivity index (χ2n) is 4.84. The van der Waals surface area contributed by atoms with Crippen LogP contribution in [0.2, 0.25) is 0 Å². The van der Waals surface area contributed by atoms with Gasteiger partial charge >= 0.3 is 0 Å². The molecule has 0 N–H and O–H groups in total. The smallest absolute Gasteiger partial charge is 0.185 e. The van der Waals surface area contributed by atoms with Gasteiger partial charge in [-0.3, -0.25) is 0 Å². The third-order valence-corrected chi connectivity index (χ3v) is 3.51. The minimum Gasteiger partial charge on any atom is -0.483 e. The fourth-order valence-corrected chi connectivity index (χ4v) is 2.47. The number of hydrogen-bond donors (Lipinski definition) is 0. The van der Waals surface area contributed by atoms with Crippen LogP contribution in [0.5, 0.6) is 5.75 Å². The Morgan fingerprint density at radius 3 is 2.76 bits per heavy atom. The topological polar surface area (TPSA) is 52.8 Å². The Hall–Kier alpha value is -2.76. The van der Waals surface area contributed by atoms with Gasteiger partial charge in [-0.15, -0.1) is 5.10 Å². The zero-order valence-electron chi connectivity index (χ0n) is 11.0. The van der Waals surface area contributed by atoms with Crippen LogP contribution in [0.4, 0.5) is 4.39 Å². The highest BCUT2D eigenvalue weighted by molar-refractivity contribution is 5.64. The van der Waals surface area contributed by atoms with Crippen LogP contribution in [0.1, 0.15) is 11.7 Å². The number of rotatable bonds is 1. The normalized spacial score (nSPS) is 16.5. The van der Waals surface area contributed by atoms with E-state index >= 15 is 0 Å². The molecule has 2 heterocycles. The van der Waals surface area contributed by atoms with E-state index in [4.69, 9.17) is 4.74 Å². The van der Waals surface area contributed by atoms with Crippen molar-refractivity contribution in [1.29, 1.82) is 0 Å². The number of benzene rings is 2. The minimum atomic E-state index is -0.268. The molecule has 1 atom stereocenters. The summed E-state index contributed by atoms with van der Waals surface area (Å²) in [6.07, 6.45) is -0.267. The fourth-order valence-electron chi connectivity index (χ4n) is 2.47. The van der Waals surface area contributed by atoms with E-state index in [2.05, 4.69) is 15.5 Å². The molecule has 1 aliphatic heterocycles. The van der Waals surface area contributed by atoms with Gasteiger partial charge in [-0.1, -0.05) is 24.3 Å². The number of aromatic nitrogens is 4. The summed E-state index contributed by atoms with van der Waals surface area (Å²) in [7, 11) is 0. The van der Waals surface area contributed by atoms with Gasteiger partial charge in [0.2, 0.25) is 0 Å². The predicted octanol–water partition coefficient (Wildman–Crippen LogP) is 2.61. The van der Waals surface area contributed by atoms with E-state index in [0.29, 0.717) is 12.4 Å². The van der Waals surface area contributed by atoms with E-state index in [1.165, 1.54) is 12.1 Å². The number of ether oxygens (including phenoxy) is 1. The van der Waals surface area contributed by atoms with Crippen LogP contribution in [-0.2, 0) is 6.54 Å². The van der Waals surface area contributed by atoms with Crippen LogP contribution >= 0.6 is 0 Å². The van der Waals surface area contributed by atoms with Crippen LogP contribution in [-0.4, -0.2) is 20.2 Å². The largest absolute Gasteiger partial charge is 0.483 e. The lowest BCUT2D eigenvalue weighted by atomic mass is 10.1. The number of hydrogen-bond acceptors (Lipinski definition) is 4. The van der Waals surface area contributed by atoms with Crippen LogP contribution < -0.4 is 4.74 Å². The molecule has 104 valence electrons. The molecule has 0 amide bonds. The standard InChI is InChI=1S/C15H11FN4O/c16-11-7-5-10(6-8-11)14-9-20-15(17-18-19-20)12-3-1-2-4-13(12)21-14/h1-8,14H,9H2. The summed E-state index contributed by atoms with van der Waals surface area (Å²) in [6.45, 7) is 0.475. The molecule has 0 spiro atoms. The lowest BCUT2D eigenvalue weighted by Gasteiger charge is -2.17. The van der Waals surface area contributed by atoms with Gasteiger partial charge in [-0.05, 0) is 40.3 Å². The first-order valence-electron chi connectivity index (χ1n) is 6.59. The van der Waals surface area contributed by atoms with Gasteiger partial charge < -0.3 is 4.74 Å². The van der Waals surface area contributed by atoms with E-state index in [0.717, 1.165) is 16.9 Å². The van der Waals surface area contributed by atoms with Crippen molar-refractivity contribution in [3.63, 3.8) is 0 Å². The van der Waals surface area contributed by atoms with Crippen molar-refractivity contribution in [2.45, 2.75) is 12.6 Å². The van der Waals surface area contributed by atoms with Crippen molar-refractivity contribution >= 4 is 0 Å². The summed E-state index contributed by atoms with van der Waals surface area (Å²) in [6, 6.07) is 13.9. The molecule has 3 aromatic rings. The monoisotopic (exact) mass is 282 g/mol. The average molecular weight is 282 g/mol. The first kappa shape index (κ1) is 12.0. The molecule has 0 fully saturated rings. The second-order valence-corrected chi connectivity index (χ2v) is 4.84. The first-order valence-corrected chi connectivity index (χ1v) is 6.59. The van der Waals surface area contributed by atoms with Gasteiger partial charge in [0.1, 0.15) is 17.7 Å². The zero-order valence-corrected chi connectivity index (χ0v) is 11.0. The van der Waals surface area contributed by atoms with Crippen molar-refractivity contribution in [3.8, 4) is 17.1 Å². The van der Waals surface area contributed by atoms with Gasteiger partial charge in [-0.2, -0.15) is 0 Å². The maximum Gasteiger partial charge on any atom is 0.185 e. The molecule has 1 unspecified atom stereocenters. The molecule has 0 bridgehead atoms. The number of halogens is 1. The minimum absolute atomic E-state index is 0.267. The van der Waals surface area contributed by atoms with E-state index in [1.807, 2.05) is 24.3 Å². The maximum absolute atomic E-state index is 13.1. The summed E-state index contributed by atoms with van der Waals surface area (Å²) in [5, 5.41) is 11.8. The summed E-state index contributed by atoms with van der Waals surface area (Å²) in [5.74, 6) is 1.13. The summed E-state index contributed by atoms with van der Waals surface area (Å²) in [4.78, 5) is 0. The van der Waals surface area contributed by atoms with Crippen molar-refractivity contribution in [2.75, 3.05) is 0 Å². The Morgan fingerprint density at radius 1 is 1.10 bits per heavy atom. The SMILES string of the molecule is Fc1ccc(C2Cn3nnnc3-c3ccccc3O2)cc1. The molecule has 0 saturated carbocycles. The molecule has 0 radical (unpaired) electrons. The van der Waals surface area contributed by atoms with Crippen molar-refractivity contribution in [1.82, 2.24) is 20.2 Å². The molecule has 21 heavy (non-hydrogen) atoms. The molecule has 5 nitrogen and oxygen atoms in total. The highest BCUT2D eigenvalue weighted by Gasteiger charge is 2.25. The maximum atomic E-state index is 13.1. The molecule has 1 aliphatic rings. The third-order valence-electron chi connectivity index (χ3n) is 3.51. The zero-order chi connectivity index (χ0) is 14.2. The Bertz CT molecular complexity index is 784. The Morgan fingerprint density at radius 2 is 1.90 bits per heavy atom. The first-order chi connectivity index (χ1) is 10.3. The Balaban J connectivity index is 1.82. The number of nitrogens with zero attached hydrogens (tertiary/aromatic N) is 4. The second kappa shape index (κ2) is 4.66. The van der Waals surface area contributed by atoms with Gasteiger partial charge in [-0.25, -0.2) is 9.07 Å². The summed E-state index contributed by atoms with van der Waals surface area (Å²) in [5.41, 5.74) is 1.74. The van der Waals surface area contributed by atoms with E-state index < -0.39 is 0 Å². The molecule has 0 saturated heterocycles. The third kappa shape index (κ3) is 2.05. The summed E-state index contributed by atoms with van der Waals surface area (Å²) >= 11 is 0. The molecular formula is C15H11FN4O. The number of tetrazole rings is 1.